The van der Waals surface area contributed by atoms with Crippen molar-refractivity contribution < 1.29 is 13.2 Å². The van der Waals surface area contributed by atoms with Gasteiger partial charge in [-0.2, -0.15) is 0 Å². The van der Waals surface area contributed by atoms with Gasteiger partial charge < -0.3 is 10.6 Å². The fourth-order valence-corrected chi connectivity index (χ4v) is 2.35. The van der Waals surface area contributed by atoms with Crippen molar-refractivity contribution in [1.82, 2.24) is 4.90 Å². The quantitative estimate of drug-likeness (QED) is 0.667. The minimum atomic E-state index is -3.40. The summed E-state index contributed by atoms with van der Waals surface area (Å²) in [5.41, 5.74) is 6.98. The van der Waals surface area contributed by atoms with Crippen LogP contribution >= 0.6 is 0 Å². The van der Waals surface area contributed by atoms with Crippen LogP contribution in [0.15, 0.2) is 35.2 Å². The average molecular weight is 282 g/mol. The Hall–Kier alpha value is -1.82. The number of hydrogen-bond acceptors (Lipinski definition) is 4. The number of rotatable bonds is 4. The molecule has 0 unspecified atom stereocenters. The first-order chi connectivity index (χ1) is 8.61. The number of nitrogen functional groups attached to an aromatic ring is 1. The molecule has 0 radical (unpaired) electrons. The van der Waals surface area contributed by atoms with Gasteiger partial charge in [0.2, 0.25) is 0 Å². The molecule has 1 aromatic carbocycles. The number of nitrogens with zero attached hydrogens (tertiary/aromatic N) is 1. The zero-order chi connectivity index (χ0) is 14.8. The van der Waals surface area contributed by atoms with E-state index in [0.717, 1.165) is 11.8 Å². The van der Waals surface area contributed by atoms with Crippen molar-refractivity contribution in [1.29, 1.82) is 0 Å². The average Bonchev–Trinajstić information content (AvgIpc) is 2.25. The van der Waals surface area contributed by atoms with Crippen LogP contribution in [-0.4, -0.2) is 39.1 Å². The van der Waals surface area contributed by atoms with Crippen LogP contribution < -0.4 is 5.73 Å². The van der Waals surface area contributed by atoms with E-state index < -0.39 is 9.84 Å². The topological polar surface area (TPSA) is 80.5 Å². The molecule has 1 amide bonds. The Morgan fingerprint density at radius 1 is 1.37 bits per heavy atom. The van der Waals surface area contributed by atoms with Crippen LogP contribution in [0.4, 0.5) is 5.69 Å². The van der Waals surface area contributed by atoms with E-state index in [1.165, 1.54) is 23.1 Å². The second-order valence-corrected chi connectivity index (χ2v) is 6.70. The van der Waals surface area contributed by atoms with Gasteiger partial charge in [0.15, 0.2) is 9.84 Å². The third-order valence-electron chi connectivity index (χ3n) is 2.46. The van der Waals surface area contributed by atoms with Gasteiger partial charge in [-0.15, -0.1) is 0 Å². The molecule has 0 aliphatic carbocycles. The van der Waals surface area contributed by atoms with Crippen LogP contribution in [0.1, 0.15) is 17.3 Å². The molecule has 2 N–H and O–H groups in total. The number of amides is 1. The Bertz CT molecular complexity index is 621. The van der Waals surface area contributed by atoms with Crippen molar-refractivity contribution in [2.75, 3.05) is 25.6 Å². The minimum Gasteiger partial charge on any atom is -0.399 e. The molecule has 6 heteroatoms. The summed E-state index contributed by atoms with van der Waals surface area (Å²) in [6.45, 7) is 5.95. The predicted molar refractivity (Wildman–Crippen MR) is 75.7 cm³/mol. The van der Waals surface area contributed by atoms with Gasteiger partial charge in [0.1, 0.15) is 0 Å². The lowest BCUT2D eigenvalue weighted by atomic mass is 10.1. The Kier molecular flexibility index (Phi) is 4.36. The summed E-state index contributed by atoms with van der Waals surface area (Å²) in [5, 5.41) is 0. The highest BCUT2D eigenvalue weighted by molar-refractivity contribution is 7.90. The molecule has 0 fully saturated rings. The minimum absolute atomic E-state index is 0.0413. The maximum absolute atomic E-state index is 12.1. The molecular weight excluding hydrogens is 264 g/mol. The number of sulfone groups is 1. The van der Waals surface area contributed by atoms with Crippen LogP contribution in [0, 0.1) is 0 Å². The van der Waals surface area contributed by atoms with Crippen molar-refractivity contribution in [3.63, 3.8) is 0 Å². The third kappa shape index (κ3) is 4.10. The fourth-order valence-electron chi connectivity index (χ4n) is 1.66. The molecule has 0 bridgehead atoms. The molecule has 0 aliphatic rings. The number of likely N-dealkylation sites (N-methyl/N-ethyl adjacent to an activating group) is 1. The smallest absolute Gasteiger partial charge is 0.254 e. The van der Waals surface area contributed by atoms with Crippen LogP contribution in [-0.2, 0) is 9.84 Å². The Morgan fingerprint density at radius 2 is 1.95 bits per heavy atom. The van der Waals surface area contributed by atoms with E-state index in [-0.39, 0.29) is 22.1 Å². The number of carbonyl (C=O) groups is 1. The van der Waals surface area contributed by atoms with E-state index in [0.29, 0.717) is 6.54 Å². The fraction of sp³-hybridized carbons (Fsp3) is 0.308. The molecule has 0 aromatic heterocycles. The summed E-state index contributed by atoms with van der Waals surface area (Å²) in [4.78, 5) is 13.6. The molecule has 0 saturated carbocycles. The van der Waals surface area contributed by atoms with E-state index in [9.17, 15) is 13.2 Å². The summed E-state index contributed by atoms with van der Waals surface area (Å²) in [5.74, 6) is -0.291. The van der Waals surface area contributed by atoms with E-state index in [4.69, 9.17) is 5.73 Å². The highest BCUT2D eigenvalue weighted by Gasteiger charge is 2.16. The van der Waals surface area contributed by atoms with E-state index in [2.05, 4.69) is 6.58 Å². The van der Waals surface area contributed by atoms with Crippen molar-refractivity contribution in [2.45, 2.75) is 11.8 Å². The molecule has 0 saturated heterocycles. The Balaban J connectivity index is 3.18. The van der Waals surface area contributed by atoms with Crippen molar-refractivity contribution in [3.8, 4) is 0 Å². The van der Waals surface area contributed by atoms with Crippen LogP contribution in [0.5, 0.6) is 0 Å². The van der Waals surface area contributed by atoms with Crippen LogP contribution in [0.25, 0.3) is 0 Å². The van der Waals surface area contributed by atoms with Gasteiger partial charge in [-0.1, -0.05) is 12.2 Å². The SMILES string of the molecule is C=C(C)CN(C)C(=O)c1cc(N)cc(S(C)(=O)=O)c1. The summed E-state index contributed by atoms with van der Waals surface area (Å²) >= 11 is 0. The molecule has 0 heterocycles. The first kappa shape index (κ1) is 15.2. The molecule has 0 aliphatic heterocycles. The van der Waals surface area contributed by atoms with Crippen molar-refractivity contribution in [2.24, 2.45) is 0 Å². The van der Waals surface area contributed by atoms with Gasteiger partial charge in [0, 0.05) is 31.1 Å². The van der Waals surface area contributed by atoms with Crippen LogP contribution in [0.2, 0.25) is 0 Å². The lowest BCUT2D eigenvalue weighted by molar-refractivity contribution is 0.0807. The van der Waals surface area contributed by atoms with E-state index in [1.807, 2.05) is 6.92 Å². The predicted octanol–water partition coefficient (Wildman–Crippen LogP) is 1.32. The van der Waals surface area contributed by atoms with Crippen molar-refractivity contribution in [3.05, 3.63) is 35.9 Å². The van der Waals surface area contributed by atoms with Gasteiger partial charge in [-0.05, 0) is 25.1 Å². The molecule has 19 heavy (non-hydrogen) atoms. The number of nitrogens with two attached hydrogens (primary N) is 1. The second kappa shape index (κ2) is 5.44. The van der Waals surface area contributed by atoms with Gasteiger partial charge in [-0.3, -0.25) is 4.79 Å². The number of benzene rings is 1. The second-order valence-electron chi connectivity index (χ2n) is 4.68. The van der Waals surface area contributed by atoms with Crippen LogP contribution in [0.3, 0.4) is 0 Å². The zero-order valence-corrected chi connectivity index (χ0v) is 12.1. The number of anilines is 1. The number of carbonyl (C=O) groups excluding carboxylic acids is 1. The van der Waals surface area contributed by atoms with Gasteiger partial charge >= 0.3 is 0 Å². The Labute approximate surface area is 113 Å². The molecule has 0 spiro atoms. The van der Waals surface area contributed by atoms with E-state index >= 15 is 0 Å². The maximum Gasteiger partial charge on any atom is 0.254 e. The van der Waals surface area contributed by atoms with E-state index in [1.54, 1.807) is 7.05 Å². The summed E-state index contributed by atoms with van der Waals surface area (Å²) < 4.78 is 23.0. The maximum atomic E-state index is 12.1. The summed E-state index contributed by atoms with van der Waals surface area (Å²) in [6, 6.07) is 4.14. The lowest BCUT2D eigenvalue weighted by Crippen LogP contribution is -2.28. The third-order valence-corrected chi connectivity index (χ3v) is 3.55. The van der Waals surface area contributed by atoms with Gasteiger partial charge in [0.25, 0.3) is 5.91 Å². The Morgan fingerprint density at radius 3 is 2.42 bits per heavy atom. The van der Waals surface area contributed by atoms with Gasteiger partial charge in [0.05, 0.1) is 4.90 Å². The first-order valence-electron chi connectivity index (χ1n) is 5.61. The number of hydrogen-bond donors (Lipinski definition) is 1. The molecular formula is C13H18N2O3S. The standard InChI is InChI=1S/C13H18N2O3S/c1-9(2)8-15(3)13(16)10-5-11(14)7-12(6-10)19(4,17)18/h5-7H,1,8,14H2,2-4H3. The molecule has 1 rings (SSSR count). The van der Waals surface area contributed by atoms with Crippen molar-refractivity contribution >= 4 is 21.4 Å². The summed E-state index contributed by atoms with van der Waals surface area (Å²) in [7, 11) is -1.77. The molecule has 5 nitrogen and oxygen atoms in total. The normalized spacial score (nSPS) is 11.1. The summed E-state index contributed by atoms with van der Waals surface area (Å²) in [6.07, 6.45) is 1.08. The highest BCUT2D eigenvalue weighted by atomic mass is 32.2. The lowest BCUT2D eigenvalue weighted by Gasteiger charge is -2.17. The van der Waals surface area contributed by atoms with Gasteiger partial charge in [-0.25, -0.2) is 8.42 Å². The molecule has 1 aromatic rings. The largest absolute Gasteiger partial charge is 0.399 e. The molecule has 104 valence electrons. The first-order valence-corrected chi connectivity index (χ1v) is 7.51. The highest BCUT2D eigenvalue weighted by Crippen LogP contribution is 2.18. The monoisotopic (exact) mass is 282 g/mol. The molecule has 0 atom stereocenters. The zero-order valence-electron chi connectivity index (χ0n) is 11.3.